The van der Waals surface area contributed by atoms with Gasteiger partial charge in [0.2, 0.25) is 11.9 Å². The summed E-state index contributed by atoms with van der Waals surface area (Å²) in [5, 5.41) is 3.82. The second-order valence-electron chi connectivity index (χ2n) is 9.63. The number of halogens is 5. The summed E-state index contributed by atoms with van der Waals surface area (Å²) < 4.78 is 43.0. The van der Waals surface area contributed by atoms with E-state index < -0.39 is 30.0 Å². The van der Waals surface area contributed by atoms with E-state index in [1.54, 1.807) is 13.8 Å². The highest BCUT2D eigenvalue weighted by Crippen LogP contribution is 2.49. The molecule has 0 spiro atoms. The van der Waals surface area contributed by atoms with Gasteiger partial charge in [-0.25, -0.2) is 14.9 Å². The Kier molecular flexibility index (Phi) is 6.88. The first-order chi connectivity index (χ1) is 18.4. The minimum absolute atomic E-state index is 0.0262. The lowest BCUT2D eigenvalue weighted by Gasteiger charge is -2.29. The lowest BCUT2D eigenvalue weighted by Crippen LogP contribution is -2.42. The van der Waals surface area contributed by atoms with Gasteiger partial charge in [0.15, 0.2) is 0 Å². The van der Waals surface area contributed by atoms with Gasteiger partial charge in [-0.3, -0.25) is 9.59 Å². The van der Waals surface area contributed by atoms with Crippen molar-refractivity contribution in [2.75, 3.05) is 4.90 Å². The normalized spacial score (nSPS) is 18.9. The Bertz CT molecular complexity index is 1490. The number of hydrogen-bond donors (Lipinski definition) is 0. The molecule has 12 heteroatoms. The molecule has 2 heterocycles. The molecule has 2 aromatic carbocycles. The molecule has 202 valence electrons. The van der Waals surface area contributed by atoms with Gasteiger partial charge in [0.05, 0.1) is 5.71 Å². The molecular formula is C27H21Cl2F3N4O3. The van der Waals surface area contributed by atoms with Crippen LogP contribution in [-0.4, -0.2) is 33.7 Å². The van der Waals surface area contributed by atoms with Crippen LogP contribution < -0.4 is 4.90 Å². The van der Waals surface area contributed by atoms with Crippen LogP contribution in [0.1, 0.15) is 51.9 Å². The van der Waals surface area contributed by atoms with E-state index in [4.69, 9.17) is 28.0 Å². The van der Waals surface area contributed by atoms with E-state index in [0.29, 0.717) is 24.0 Å². The number of carbonyl (C=O) groups is 2. The molecule has 0 radical (unpaired) electrons. The SMILES string of the molecule is Cc1cnc(N(C(=O)c2ccc(C3=NOC(c4cc(Cl)cc(Cl)c4)(C(F)(F)F)C3)cc2C)C(=O)C2CC2)nc1. The van der Waals surface area contributed by atoms with Gasteiger partial charge >= 0.3 is 6.18 Å². The Morgan fingerprint density at radius 3 is 2.23 bits per heavy atom. The molecule has 1 aliphatic heterocycles. The van der Waals surface area contributed by atoms with Crippen LogP contribution in [0.5, 0.6) is 0 Å². The third-order valence-corrected chi connectivity index (χ3v) is 7.06. The number of oxime groups is 1. The maximum atomic E-state index is 14.3. The molecule has 1 unspecified atom stereocenters. The largest absolute Gasteiger partial charge is 0.435 e. The number of aromatic nitrogens is 2. The fourth-order valence-electron chi connectivity index (χ4n) is 4.35. The van der Waals surface area contributed by atoms with Crippen molar-refractivity contribution in [2.45, 2.75) is 44.9 Å². The van der Waals surface area contributed by atoms with Crippen molar-refractivity contribution in [3.63, 3.8) is 0 Å². The van der Waals surface area contributed by atoms with E-state index in [2.05, 4.69) is 15.1 Å². The van der Waals surface area contributed by atoms with Gasteiger partial charge < -0.3 is 4.84 Å². The molecule has 1 aromatic heterocycles. The average molecular weight is 577 g/mol. The summed E-state index contributed by atoms with van der Waals surface area (Å²) in [5.41, 5.74) is -1.33. The summed E-state index contributed by atoms with van der Waals surface area (Å²) in [6.45, 7) is 3.40. The molecule has 0 saturated heterocycles. The van der Waals surface area contributed by atoms with E-state index >= 15 is 0 Å². The first-order valence-electron chi connectivity index (χ1n) is 12.0. The molecule has 39 heavy (non-hydrogen) atoms. The van der Waals surface area contributed by atoms with Gasteiger partial charge in [0.25, 0.3) is 11.5 Å². The van der Waals surface area contributed by atoms with E-state index in [-0.39, 0.29) is 38.8 Å². The minimum Gasteiger partial charge on any atom is -0.374 e. The molecule has 3 aromatic rings. The van der Waals surface area contributed by atoms with Crippen LogP contribution in [0.3, 0.4) is 0 Å². The zero-order chi connectivity index (χ0) is 28.1. The second-order valence-corrected chi connectivity index (χ2v) is 10.5. The van der Waals surface area contributed by atoms with Crippen LogP contribution in [0.15, 0.2) is 53.9 Å². The van der Waals surface area contributed by atoms with Gasteiger partial charge in [-0.2, -0.15) is 13.2 Å². The predicted octanol–water partition coefficient (Wildman–Crippen LogP) is 6.57. The second kappa shape index (κ2) is 9.91. The molecule has 1 aliphatic carbocycles. The number of nitrogens with zero attached hydrogens (tertiary/aromatic N) is 4. The number of hydrogen-bond acceptors (Lipinski definition) is 6. The van der Waals surface area contributed by atoms with Crippen molar-refractivity contribution < 1.29 is 27.6 Å². The lowest BCUT2D eigenvalue weighted by molar-refractivity contribution is -0.275. The van der Waals surface area contributed by atoms with Crippen molar-refractivity contribution in [1.82, 2.24) is 9.97 Å². The van der Waals surface area contributed by atoms with Crippen LogP contribution in [0, 0.1) is 19.8 Å². The molecule has 0 N–H and O–H groups in total. The fraction of sp³-hybridized carbons (Fsp3) is 0.296. The Morgan fingerprint density at radius 2 is 1.67 bits per heavy atom. The number of imide groups is 1. The summed E-state index contributed by atoms with van der Waals surface area (Å²) >= 11 is 11.9. The summed E-state index contributed by atoms with van der Waals surface area (Å²) in [7, 11) is 0. The van der Waals surface area contributed by atoms with Gasteiger partial charge in [-0.05, 0) is 73.7 Å². The first kappa shape index (κ1) is 27.1. The summed E-state index contributed by atoms with van der Waals surface area (Å²) in [4.78, 5) is 40.9. The van der Waals surface area contributed by atoms with E-state index in [0.717, 1.165) is 22.6 Å². The fourth-order valence-corrected chi connectivity index (χ4v) is 4.88. The topological polar surface area (TPSA) is 84.8 Å². The Labute approximate surface area is 231 Å². The van der Waals surface area contributed by atoms with Crippen LogP contribution in [0.2, 0.25) is 10.0 Å². The molecule has 0 bridgehead atoms. The quantitative estimate of drug-likeness (QED) is 0.321. The molecule has 2 aliphatic rings. The standard InChI is InChI=1S/C27H21Cl2F3N4O3/c1-14-12-33-25(34-13-14)36(23(37)16-3-4-16)24(38)21-6-5-17(7-15(21)2)22-11-26(39-35-22,27(30,31)32)18-8-19(28)10-20(29)9-18/h5-10,12-13,16H,3-4,11H2,1-2H3. The number of anilines is 1. The van der Waals surface area contributed by atoms with Crippen molar-refractivity contribution in [3.8, 4) is 0 Å². The number of benzene rings is 2. The Balaban J connectivity index is 1.45. The third kappa shape index (κ3) is 5.10. The number of rotatable bonds is 5. The molecule has 1 fully saturated rings. The zero-order valence-corrected chi connectivity index (χ0v) is 22.2. The Morgan fingerprint density at radius 1 is 1.03 bits per heavy atom. The van der Waals surface area contributed by atoms with Crippen LogP contribution >= 0.6 is 23.2 Å². The highest BCUT2D eigenvalue weighted by Gasteiger charge is 2.62. The smallest absolute Gasteiger partial charge is 0.374 e. The van der Waals surface area contributed by atoms with Crippen LogP contribution in [0.4, 0.5) is 19.1 Å². The maximum absolute atomic E-state index is 14.3. The monoisotopic (exact) mass is 576 g/mol. The van der Waals surface area contributed by atoms with E-state index in [1.165, 1.54) is 36.7 Å². The number of alkyl halides is 3. The highest BCUT2D eigenvalue weighted by atomic mass is 35.5. The van der Waals surface area contributed by atoms with Crippen molar-refractivity contribution in [3.05, 3.63) is 86.7 Å². The van der Waals surface area contributed by atoms with Crippen LogP contribution in [-0.2, 0) is 15.2 Å². The van der Waals surface area contributed by atoms with E-state index in [9.17, 15) is 22.8 Å². The first-order valence-corrected chi connectivity index (χ1v) is 12.7. The van der Waals surface area contributed by atoms with Crippen molar-refractivity contribution >= 4 is 46.7 Å². The number of aryl methyl sites for hydroxylation is 2. The minimum atomic E-state index is -4.84. The average Bonchev–Trinajstić information content (AvgIpc) is 3.61. The molecule has 5 rings (SSSR count). The van der Waals surface area contributed by atoms with Gasteiger partial charge in [-0.1, -0.05) is 34.4 Å². The molecular weight excluding hydrogens is 556 g/mol. The lowest BCUT2D eigenvalue weighted by atomic mass is 9.86. The van der Waals surface area contributed by atoms with Crippen LogP contribution in [0.25, 0.3) is 0 Å². The van der Waals surface area contributed by atoms with Crippen molar-refractivity contribution in [1.29, 1.82) is 0 Å². The predicted molar refractivity (Wildman–Crippen MR) is 139 cm³/mol. The summed E-state index contributed by atoms with van der Waals surface area (Å²) in [5.74, 6) is -1.33. The highest BCUT2D eigenvalue weighted by molar-refractivity contribution is 6.34. The van der Waals surface area contributed by atoms with Gasteiger partial charge in [-0.15, -0.1) is 0 Å². The third-order valence-electron chi connectivity index (χ3n) is 6.62. The molecule has 1 atom stereocenters. The van der Waals surface area contributed by atoms with Crippen molar-refractivity contribution in [2.24, 2.45) is 11.1 Å². The number of amides is 2. The molecule has 1 saturated carbocycles. The molecule has 7 nitrogen and oxygen atoms in total. The number of carbonyl (C=O) groups excluding carboxylic acids is 2. The summed E-state index contributed by atoms with van der Waals surface area (Å²) in [6.07, 6.45) is -1.11. The maximum Gasteiger partial charge on any atom is 0.435 e. The van der Waals surface area contributed by atoms with Gasteiger partial charge in [0, 0.05) is 45.9 Å². The van der Waals surface area contributed by atoms with Gasteiger partial charge in [0.1, 0.15) is 0 Å². The summed E-state index contributed by atoms with van der Waals surface area (Å²) in [6, 6.07) is 8.06. The van der Waals surface area contributed by atoms with E-state index in [1.807, 2.05) is 0 Å². The Hall–Kier alpha value is -3.50. The zero-order valence-electron chi connectivity index (χ0n) is 20.7. The molecule has 2 amide bonds.